The highest BCUT2D eigenvalue weighted by atomic mass is 127. The average Bonchev–Trinajstić information content (AvgIpc) is 1.94. The van der Waals surface area contributed by atoms with E-state index in [4.69, 9.17) is 11.6 Å². The average molecular weight is 267 g/mol. The molecule has 1 rings (SSSR count). The molecule has 0 N–H and O–H groups in total. The third-order valence-electron chi connectivity index (χ3n) is 0.960. The molecule has 0 atom stereocenters. The first-order valence-electron chi connectivity index (χ1n) is 2.50. The fourth-order valence-corrected chi connectivity index (χ4v) is 1.11. The molecule has 10 heavy (non-hydrogen) atoms. The van der Waals surface area contributed by atoms with Crippen LogP contribution in [0.3, 0.4) is 0 Å². The van der Waals surface area contributed by atoms with Gasteiger partial charge in [-0.25, -0.2) is 4.98 Å². The van der Waals surface area contributed by atoms with E-state index in [2.05, 4.69) is 4.98 Å². The fourth-order valence-electron chi connectivity index (χ4n) is 0.521. The number of nitrogens with zero attached hydrogens (tertiary/aromatic N) is 1. The van der Waals surface area contributed by atoms with E-state index in [0.29, 0.717) is 14.3 Å². The van der Waals surface area contributed by atoms with Gasteiger partial charge in [0.2, 0.25) is 0 Å². The summed E-state index contributed by atoms with van der Waals surface area (Å²) in [4.78, 5) is 14.1. The standard InChI is InChI=1S/C6H3ClINO/c7-5-1-4(3-10)6(8)9-2-5/h1-3H. The van der Waals surface area contributed by atoms with E-state index in [9.17, 15) is 4.79 Å². The van der Waals surface area contributed by atoms with Crippen molar-refractivity contribution >= 4 is 40.5 Å². The number of hydrogen-bond donors (Lipinski definition) is 0. The number of carbonyl (C=O) groups excluding carboxylic acids is 1. The fraction of sp³-hybridized carbons (Fsp3) is 0. The van der Waals surface area contributed by atoms with Crippen LogP contribution in [0, 0.1) is 3.70 Å². The first-order valence-corrected chi connectivity index (χ1v) is 3.96. The summed E-state index contributed by atoms with van der Waals surface area (Å²) >= 11 is 7.55. The predicted molar refractivity (Wildman–Crippen MR) is 47.4 cm³/mol. The molecule has 0 saturated heterocycles. The van der Waals surface area contributed by atoms with Gasteiger partial charge in [0.25, 0.3) is 0 Å². The first kappa shape index (κ1) is 7.94. The molecule has 52 valence electrons. The van der Waals surface area contributed by atoms with Gasteiger partial charge in [0.1, 0.15) is 3.70 Å². The van der Waals surface area contributed by atoms with Crippen LogP contribution in [-0.4, -0.2) is 11.3 Å². The molecule has 0 unspecified atom stereocenters. The van der Waals surface area contributed by atoms with E-state index >= 15 is 0 Å². The summed E-state index contributed by atoms with van der Waals surface area (Å²) in [6.45, 7) is 0. The van der Waals surface area contributed by atoms with Crippen LogP contribution in [0.4, 0.5) is 0 Å². The van der Waals surface area contributed by atoms with Gasteiger partial charge in [0.15, 0.2) is 6.29 Å². The van der Waals surface area contributed by atoms with Crippen molar-refractivity contribution in [1.29, 1.82) is 0 Å². The molecule has 2 nitrogen and oxygen atoms in total. The normalized spacial score (nSPS) is 9.40. The lowest BCUT2D eigenvalue weighted by Gasteiger charge is -1.93. The zero-order chi connectivity index (χ0) is 7.56. The van der Waals surface area contributed by atoms with Crippen LogP contribution < -0.4 is 0 Å². The van der Waals surface area contributed by atoms with Crippen LogP contribution in [-0.2, 0) is 0 Å². The van der Waals surface area contributed by atoms with Gasteiger partial charge >= 0.3 is 0 Å². The van der Waals surface area contributed by atoms with E-state index in [1.807, 2.05) is 22.6 Å². The number of aromatic nitrogens is 1. The van der Waals surface area contributed by atoms with Crippen LogP contribution >= 0.6 is 34.2 Å². The van der Waals surface area contributed by atoms with Crippen molar-refractivity contribution in [1.82, 2.24) is 4.98 Å². The predicted octanol–water partition coefficient (Wildman–Crippen LogP) is 2.15. The second-order valence-corrected chi connectivity index (χ2v) is 3.11. The number of aldehydes is 1. The van der Waals surface area contributed by atoms with Crippen molar-refractivity contribution in [3.63, 3.8) is 0 Å². The highest BCUT2D eigenvalue weighted by molar-refractivity contribution is 14.1. The summed E-state index contributed by atoms with van der Waals surface area (Å²) in [5.41, 5.74) is 0.535. The van der Waals surface area contributed by atoms with Gasteiger partial charge in [-0.15, -0.1) is 0 Å². The van der Waals surface area contributed by atoms with Gasteiger partial charge in [-0.2, -0.15) is 0 Å². The number of carbonyl (C=O) groups is 1. The summed E-state index contributed by atoms with van der Waals surface area (Å²) in [7, 11) is 0. The lowest BCUT2D eigenvalue weighted by Crippen LogP contribution is -1.88. The smallest absolute Gasteiger partial charge is 0.152 e. The molecule has 0 spiro atoms. The molecule has 1 aromatic rings. The highest BCUT2D eigenvalue weighted by Crippen LogP contribution is 2.12. The summed E-state index contributed by atoms with van der Waals surface area (Å²) in [5.74, 6) is 0. The molecule has 1 heterocycles. The highest BCUT2D eigenvalue weighted by Gasteiger charge is 1.98. The monoisotopic (exact) mass is 267 g/mol. The van der Waals surface area contributed by atoms with Crippen LogP contribution in [0.15, 0.2) is 12.3 Å². The first-order chi connectivity index (χ1) is 4.74. The van der Waals surface area contributed by atoms with Crippen LogP contribution in [0.25, 0.3) is 0 Å². The van der Waals surface area contributed by atoms with Crippen molar-refractivity contribution in [3.8, 4) is 0 Å². The Morgan fingerprint density at radius 3 is 2.90 bits per heavy atom. The number of rotatable bonds is 1. The molecule has 1 aromatic heterocycles. The zero-order valence-corrected chi connectivity index (χ0v) is 7.76. The Balaban J connectivity index is 3.21. The Kier molecular flexibility index (Phi) is 2.62. The summed E-state index contributed by atoms with van der Waals surface area (Å²) in [6.07, 6.45) is 2.25. The minimum atomic E-state index is 0.488. The molecule has 0 bridgehead atoms. The van der Waals surface area contributed by atoms with Crippen molar-refractivity contribution in [2.45, 2.75) is 0 Å². The number of pyridine rings is 1. The maximum absolute atomic E-state index is 10.3. The molecular weight excluding hydrogens is 264 g/mol. The molecule has 0 aliphatic carbocycles. The molecule has 0 aliphatic heterocycles. The van der Waals surface area contributed by atoms with Crippen LogP contribution in [0.1, 0.15) is 10.4 Å². The molecule has 0 saturated carbocycles. The maximum atomic E-state index is 10.3. The summed E-state index contributed by atoms with van der Waals surface area (Å²) in [5, 5.41) is 0.488. The second kappa shape index (κ2) is 3.30. The van der Waals surface area contributed by atoms with E-state index < -0.39 is 0 Å². The zero-order valence-electron chi connectivity index (χ0n) is 4.84. The van der Waals surface area contributed by atoms with E-state index in [1.165, 1.54) is 6.20 Å². The minimum absolute atomic E-state index is 0.488. The Hall–Kier alpha value is -0.160. The van der Waals surface area contributed by atoms with Gasteiger partial charge in [-0.3, -0.25) is 4.79 Å². The van der Waals surface area contributed by atoms with Gasteiger partial charge in [-0.1, -0.05) is 11.6 Å². The van der Waals surface area contributed by atoms with Crippen LogP contribution in [0.2, 0.25) is 5.02 Å². The third-order valence-corrected chi connectivity index (χ3v) is 2.07. The second-order valence-electron chi connectivity index (χ2n) is 1.65. The van der Waals surface area contributed by atoms with E-state index in [1.54, 1.807) is 6.07 Å². The maximum Gasteiger partial charge on any atom is 0.152 e. The summed E-state index contributed by atoms with van der Waals surface area (Å²) < 4.78 is 0.678. The van der Waals surface area contributed by atoms with Gasteiger partial charge in [-0.05, 0) is 28.7 Å². The molecule has 0 aliphatic rings. The number of halogens is 2. The van der Waals surface area contributed by atoms with E-state index in [0.717, 1.165) is 6.29 Å². The van der Waals surface area contributed by atoms with Crippen LogP contribution in [0.5, 0.6) is 0 Å². The van der Waals surface area contributed by atoms with Crippen molar-refractivity contribution in [2.75, 3.05) is 0 Å². The molecule has 0 fully saturated rings. The Labute approximate surface area is 76.7 Å². The Bertz CT molecular complexity index is 264. The van der Waals surface area contributed by atoms with E-state index in [-0.39, 0.29) is 0 Å². The van der Waals surface area contributed by atoms with Crippen molar-refractivity contribution < 1.29 is 4.79 Å². The summed E-state index contributed by atoms with van der Waals surface area (Å²) in [6, 6.07) is 1.59. The third kappa shape index (κ3) is 1.67. The minimum Gasteiger partial charge on any atom is -0.298 e. The Morgan fingerprint density at radius 2 is 2.40 bits per heavy atom. The lowest BCUT2D eigenvalue weighted by atomic mass is 10.3. The molecule has 0 radical (unpaired) electrons. The number of hydrogen-bond acceptors (Lipinski definition) is 2. The lowest BCUT2D eigenvalue weighted by molar-refractivity contribution is 0.112. The van der Waals surface area contributed by atoms with Gasteiger partial charge in [0, 0.05) is 11.8 Å². The SMILES string of the molecule is O=Cc1cc(Cl)cnc1I. The van der Waals surface area contributed by atoms with Gasteiger partial charge in [0.05, 0.1) is 5.02 Å². The Morgan fingerprint density at radius 1 is 1.70 bits per heavy atom. The molecule has 0 aromatic carbocycles. The topological polar surface area (TPSA) is 30.0 Å². The van der Waals surface area contributed by atoms with Crippen molar-refractivity contribution in [2.24, 2.45) is 0 Å². The van der Waals surface area contributed by atoms with Crippen molar-refractivity contribution in [3.05, 3.63) is 26.5 Å². The largest absolute Gasteiger partial charge is 0.298 e. The quantitative estimate of drug-likeness (QED) is 0.443. The molecule has 0 amide bonds. The molecule has 4 heteroatoms. The van der Waals surface area contributed by atoms with Gasteiger partial charge < -0.3 is 0 Å². The molecular formula is C6H3ClINO.